The molecule has 0 aliphatic carbocycles. The number of H-pyrrole nitrogens is 2. The first-order chi connectivity index (χ1) is 19.1. The summed E-state index contributed by atoms with van der Waals surface area (Å²) in [6.45, 7) is 4.79. The van der Waals surface area contributed by atoms with Crippen molar-refractivity contribution in [2.24, 2.45) is 9.98 Å². The fourth-order valence-electron chi connectivity index (χ4n) is 5.00. The normalized spacial score (nSPS) is 13.2. The highest BCUT2D eigenvalue weighted by Crippen LogP contribution is 2.50. The molecule has 5 aromatic rings. The summed E-state index contributed by atoms with van der Waals surface area (Å²) in [7, 11) is 0. The molecular formula is C24H12Cl2I4N6O4. The minimum Gasteiger partial charge on any atom is -0.450 e. The molecule has 4 heterocycles. The second-order valence-corrected chi connectivity index (χ2v) is 13.9. The minimum absolute atomic E-state index is 0.188. The van der Waals surface area contributed by atoms with Crippen LogP contribution >= 0.6 is 114 Å². The Morgan fingerprint density at radius 1 is 0.675 bits per heavy atom. The molecule has 3 aromatic carbocycles. The number of aromatic nitrogens is 4. The second kappa shape index (κ2) is 9.71. The molecule has 40 heavy (non-hydrogen) atoms. The predicted molar refractivity (Wildman–Crippen MR) is 186 cm³/mol. The lowest BCUT2D eigenvalue weighted by molar-refractivity contribution is 0.448. The van der Waals surface area contributed by atoms with Gasteiger partial charge in [0.15, 0.2) is 23.0 Å². The zero-order valence-corrected chi connectivity index (χ0v) is 30.2. The Morgan fingerprint density at radius 3 is 1.40 bits per heavy atom. The lowest BCUT2D eigenvalue weighted by Gasteiger charge is -2.23. The number of nitrogens with one attached hydrogen (secondary N) is 2. The molecule has 10 nitrogen and oxygen atoms in total. The molecule has 2 aliphatic rings. The number of halogens is 6. The van der Waals surface area contributed by atoms with Gasteiger partial charge in [-0.3, -0.25) is 9.13 Å². The molecule has 16 heteroatoms. The van der Waals surface area contributed by atoms with Crippen LogP contribution in [0.2, 0.25) is 10.0 Å². The van der Waals surface area contributed by atoms with Crippen molar-refractivity contribution in [3.05, 3.63) is 56.0 Å². The van der Waals surface area contributed by atoms with Crippen molar-refractivity contribution < 1.29 is 9.47 Å². The van der Waals surface area contributed by atoms with Crippen molar-refractivity contribution in [3.63, 3.8) is 0 Å². The Morgan fingerprint density at radius 2 is 1.05 bits per heavy atom. The van der Waals surface area contributed by atoms with Gasteiger partial charge < -0.3 is 19.4 Å². The number of nitrogens with zero attached hydrogens (tertiary/aromatic N) is 4. The number of ether oxygens (including phenoxy) is 2. The van der Waals surface area contributed by atoms with Gasteiger partial charge in [-0.2, -0.15) is 0 Å². The van der Waals surface area contributed by atoms with E-state index in [9.17, 15) is 9.59 Å². The molecule has 0 spiro atoms. The van der Waals surface area contributed by atoms with Gasteiger partial charge in [-0.1, -0.05) is 23.2 Å². The smallest absolute Gasteiger partial charge is 0.326 e. The molecule has 0 fully saturated rings. The largest absolute Gasteiger partial charge is 0.450 e. The van der Waals surface area contributed by atoms with Gasteiger partial charge in [0.05, 0.1) is 36.3 Å². The Bertz CT molecular complexity index is 2110. The quantitative estimate of drug-likeness (QED) is 0.184. The molecule has 0 bridgehead atoms. The molecular weight excluding hydrogens is 1010 g/mol. The van der Waals surface area contributed by atoms with Gasteiger partial charge in [0, 0.05) is 13.1 Å². The number of imidazole rings is 2. The van der Waals surface area contributed by atoms with Crippen LogP contribution in [0.5, 0.6) is 23.0 Å². The summed E-state index contributed by atoms with van der Waals surface area (Å²) in [5.74, 6) is 1.45. The maximum absolute atomic E-state index is 12.6. The predicted octanol–water partition coefficient (Wildman–Crippen LogP) is 6.85. The maximum Gasteiger partial charge on any atom is 0.326 e. The Labute approximate surface area is 288 Å². The third kappa shape index (κ3) is 3.60. The first kappa shape index (κ1) is 27.7. The highest BCUT2D eigenvalue weighted by molar-refractivity contribution is 14.1. The van der Waals surface area contributed by atoms with Crippen LogP contribution < -0.4 is 31.6 Å². The number of hydrogen-bond donors (Lipinski definition) is 2. The van der Waals surface area contributed by atoms with Gasteiger partial charge in [-0.25, -0.2) is 19.6 Å². The van der Waals surface area contributed by atoms with Gasteiger partial charge in [-0.15, -0.1) is 0 Å². The highest BCUT2D eigenvalue weighted by Gasteiger charge is 2.33. The van der Waals surface area contributed by atoms with Crippen molar-refractivity contribution in [2.75, 3.05) is 0 Å². The Hall–Kier alpha value is -1.10. The number of benzene rings is 3. The third-order valence-electron chi connectivity index (χ3n) is 6.80. The molecule has 7 rings (SSSR count). The fourth-order valence-corrected chi connectivity index (χ4v) is 8.88. The van der Waals surface area contributed by atoms with Crippen LogP contribution in [0, 0.1) is 14.3 Å². The van der Waals surface area contributed by atoms with Crippen LogP contribution in [0.25, 0.3) is 22.1 Å². The molecule has 0 saturated heterocycles. The summed E-state index contributed by atoms with van der Waals surface area (Å²) < 4.78 is 19.0. The first-order valence-corrected chi connectivity index (χ1v) is 16.8. The maximum atomic E-state index is 12.6. The van der Waals surface area contributed by atoms with Gasteiger partial charge >= 0.3 is 11.4 Å². The third-order valence-corrected chi connectivity index (χ3v) is 11.6. The molecule has 0 atom stereocenters. The minimum atomic E-state index is -0.210. The van der Waals surface area contributed by atoms with Crippen LogP contribution in [0.3, 0.4) is 0 Å². The van der Waals surface area contributed by atoms with E-state index in [0.717, 1.165) is 25.3 Å². The van der Waals surface area contributed by atoms with Gasteiger partial charge in [0.25, 0.3) is 0 Å². The number of aryl methyl sites for hydroxylation is 2. The van der Waals surface area contributed by atoms with Crippen LogP contribution in [-0.2, 0) is 13.1 Å². The molecule has 0 unspecified atom stereocenters. The molecule has 0 amide bonds. The van der Waals surface area contributed by atoms with Crippen molar-refractivity contribution >= 4 is 147 Å². The number of aromatic amines is 2. The zero-order chi connectivity index (χ0) is 28.4. The average molecular weight is 1030 g/mol. The molecule has 204 valence electrons. The summed E-state index contributed by atoms with van der Waals surface area (Å²) in [6.07, 6.45) is 0. The monoisotopic (exact) mass is 1030 g/mol. The van der Waals surface area contributed by atoms with E-state index in [1.807, 2.05) is 13.8 Å². The lowest BCUT2D eigenvalue weighted by atomic mass is 10.2. The zero-order valence-electron chi connectivity index (χ0n) is 20.1. The van der Waals surface area contributed by atoms with E-state index in [0.29, 0.717) is 57.7 Å². The second-order valence-electron chi connectivity index (χ2n) is 8.82. The van der Waals surface area contributed by atoms with Gasteiger partial charge in [0.2, 0.25) is 0 Å². The van der Waals surface area contributed by atoms with E-state index < -0.39 is 0 Å². The lowest BCUT2D eigenvalue weighted by Crippen LogP contribution is -2.23. The van der Waals surface area contributed by atoms with Gasteiger partial charge in [0.1, 0.15) is 32.1 Å². The van der Waals surface area contributed by atoms with Crippen molar-refractivity contribution in [3.8, 4) is 23.0 Å². The summed E-state index contributed by atoms with van der Waals surface area (Å²) in [5, 5.41) is 0.986. The van der Waals surface area contributed by atoms with Crippen molar-refractivity contribution in [2.45, 2.75) is 26.9 Å². The fraction of sp³-hybridized carbons (Fsp3) is 0.167. The highest BCUT2D eigenvalue weighted by atomic mass is 127. The van der Waals surface area contributed by atoms with E-state index in [4.69, 9.17) is 42.7 Å². The molecule has 2 N–H and O–H groups in total. The Kier molecular flexibility index (Phi) is 6.73. The van der Waals surface area contributed by atoms with Crippen LogP contribution in [0.4, 0.5) is 11.4 Å². The van der Waals surface area contributed by atoms with Gasteiger partial charge in [-0.05, 0) is 104 Å². The SMILES string of the molecule is CCn1c(=O)[nH]c2c(I)c3c(c(I)c21)Oc1c(Cl)c2c(c(Cl)c1=N3)Oc1c(c(I)c3[nH]c(=O)n(CC)c3c1I)N=2. The van der Waals surface area contributed by atoms with E-state index >= 15 is 0 Å². The summed E-state index contributed by atoms with van der Waals surface area (Å²) >= 11 is 22.5. The standard InChI is InChI=1S/C24H12Cl2I4N6O4/c1-3-35-17-9(29)21-15(7(27)13(17)33-23(35)37)31-11-6(26)20-12(5(25)19(11)39-21)32-16-8(28)14-18(10(30)22(16)40-20)36(4-2)24(38)34-14/h3-4H2,1-2H3,(H,33,37)(H,34,38). The molecule has 0 radical (unpaired) electrons. The first-order valence-electron chi connectivity index (χ1n) is 11.7. The number of hydrogen-bond acceptors (Lipinski definition) is 6. The van der Waals surface area contributed by atoms with E-state index in [2.05, 4.69) is 100 Å². The average Bonchev–Trinajstić information content (AvgIpc) is 3.48. The Balaban J connectivity index is 1.54. The molecule has 2 aromatic heterocycles. The van der Waals surface area contributed by atoms with Crippen molar-refractivity contribution in [1.82, 2.24) is 19.1 Å². The summed E-state index contributed by atoms with van der Waals surface area (Å²) in [4.78, 5) is 40.8. The summed E-state index contributed by atoms with van der Waals surface area (Å²) in [5.41, 5.74) is 3.46. The van der Waals surface area contributed by atoms with E-state index in [1.54, 1.807) is 9.13 Å². The van der Waals surface area contributed by atoms with Crippen LogP contribution in [0.1, 0.15) is 13.8 Å². The van der Waals surface area contributed by atoms with E-state index in [-0.39, 0.29) is 32.9 Å². The van der Waals surface area contributed by atoms with E-state index in [1.165, 1.54) is 0 Å². The molecule has 2 aliphatic heterocycles. The van der Waals surface area contributed by atoms with Crippen molar-refractivity contribution in [1.29, 1.82) is 0 Å². The van der Waals surface area contributed by atoms with Crippen LogP contribution in [0.15, 0.2) is 19.6 Å². The molecule has 0 saturated carbocycles. The topological polar surface area (TPSA) is 119 Å². The number of rotatable bonds is 2. The number of fused-ring (bicyclic) bond motifs is 6. The van der Waals surface area contributed by atoms with Crippen LogP contribution in [-0.4, -0.2) is 19.1 Å². The summed E-state index contributed by atoms with van der Waals surface area (Å²) in [6, 6.07) is 0.